The van der Waals surface area contributed by atoms with Crippen LogP contribution in [0.1, 0.15) is 54.8 Å². The molecule has 3 N–H and O–H groups in total. The molecule has 4 unspecified atom stereocenters. The largest absolute Gasteiger partial charge is 0.383 e. The van der Waals surface area contributed by atoms with Crippen molar-refractivity contribution in [3.05, 3.63) is 46.6 Å². The summed E-state index contributed by atoms with van der Waals surface area (Å²) in [6, 6.07) is 8.03. The highest BCUT2D eigenvalue weighted by Gasteiger charge is 2.56. The SMILES string of the molecule is CCc1cc(NC(=O)C(=O)N2CC(C)CCC2c2ccc3sc(C4C5CN(C)CC54)nc3c2)cnc1N. The van der Waals surface area contributed by atoms with Crippen LogP contribution in [0, 0.1) is 17.8 Å². The van der Waals surface area contributed by atoms with Crippen molar-refractivity contribution in [2.24, 2.45) is 17.8 Å². The van der Waals surface area contributed by atoms with Crippen molar-refractivity contribution in [3.8, 4) is 0 Å². The van der Waals surface area contributed by atoms with Gasteiger partial charge in [-0.2, -0.15) is 0 Å². The fraction of sp³-hybridized carbons (Fsp3) is 0.500. The van der Waals surface area contributed by atoms with Crippen LogP contribution in [-0.2, 0) is 16.0 Å². The lowest BCUT2D eigenvalue weighted by Gasteiger charge is -2.38. The number of thiazole rings is 1. The van der Waals surface area contributed by atoms with Crippen molar-refractivity contribution >= 4 is 44.9 Å². The van der Waals surface area contributed by atoms with E-state index in [4.69, 9.17) is 10.7 Å². The number of carbonyl (C=O) groups is 2. The summed E-state index contributed by atoms with van der Waals surface area (Å²) in [5, 5.41) is 3.99. The standard InChI is InChI=1S/C28H34N6O2S/c1-4-16-9-18(11-30-25(16)29)31-26(35)28(36)34-12-15(2)5-7-22(34)17-6-8-23-21(10-17)32-27(37-23)24-19-13-33(3)14-20(19)24/h6,8-11,15,19-20,22,24H,4-5,7,12-14H2,1-3H3,(H2,29,30)(H,31,35). The molecule has 0 spiro atoms. The van der Waals surface area contributed by atoms with Gasteiger partial charge in [0.15, 0.2) is 0 Å². The molecule has 194 valence electrons. The Morgan fingerprint density at radius 1 is 1.16 bits per heavy atom. The van der Waals surface area contributed by atoms with E-state index in [1.54, 1.807) is 11.0 Å². The maximum absolute atomic E-state index is 13.4. The van der Waals surface area contributed by atoms with Gasteiger partial charge in [-0.1, -0.05) is 19.9 Å². The molecule has 3 fully saturated rings. The van der Waals surface area contributed by atoms with E-state index >= 15 is 0 Å². The number of piperidine rings is 2. The fourth-order valence-electron chi connectivity index (χ4n) is 6.33. The predicted molar refractivity (Wildman–Crippen MR) is 146 cm³/mol. The highest BCUT2D eigenvalue weighted by atomic mass is 32.1. The predicted octanol–water partition coefficient (Wildman–Crippen LogP) is 4.05. The van der Waals surface area contributed by atoms with Crippen LogP contribution in [0.25, 0.3) is 10.2 Å². The van der Waals surface area contributed by atoms with Crippen LogP contribution in [0.5, 0.6) is 0 Å². The smallest absolute Gasteiger partial charge is 0.313 e. The summed E-state index contributed by atoms with van der Waals surface area (Å²) in [7, 11) is 2.20. The first kappa shape index (κ1) is 24.3. The molecular weight excluding hydrogens is 484 g/mol. The molecule has 2 amide bonds. The summed E-state index contributed by atoms with van der Waals surface area (Å²) in [6.45, 7) is 6.99. The molecule has 8 nitrogen and oxygen atoms in total. The van der Waals surface area contributed by atoms with Crippen LogP contribution >= 0.6 is 11.3 Å². The van der Waals surface area contributed by atoms with Crippen LogP contribution in [-0.4, -0.2) is 58.3 Å². The number of aromatic nitrogens is 2. The molecule has 1 aromatic carbocycles. The van der Waals surface area contributed by atoms with Gasteiger partial charge in [0.2, 0.25) is 0 Å². The van der Waals surface area contributed by atoms with Crippen molar-refractivity contribution in [2.75, 3.05) is 37.7 Å². The second-order valence-corrected chi connectivity index (χ2v) is 12.1. The molecule has 1 aliphatic carbocycles. The van der Waals surface area contributed by atoms with Crippen molar-refractivity contribution in [1.29, 1.82) is 0 Å². The van der Waals surface area contributed by atoms with Crippen molar-refractivity contribution in [2.45, 2.75) is 45.1 Å². The van der Waals surface area contributed by atoms with E-state index in [0.29, 0.717) is 36.3 Å². The minimum atomic E-state index is -0.644. The second-order valence-electron chi connectivity index (χ2n) is 11.1. The quantitative estimate of drug-likeness (QED) is 0.505. The lowest BCUT2D eigenvalue weighted by atomic mass is 9.89. The second kappa shape index (κ2) is 9.36. The van der Waals surface area contributed by atoms with Gasteiger partial charge in [0, 0.05) is 25.6 Å². The van der Waals surface area contributed by atoms with Crippen LogP contribution in [0.4, 0.5) is 11.5 Å². The van der Waals surface area contributed by atoms with E-state index in [1.165, 1.54) is 29.0 Å². The number of likely N-dealkylation sites (tertiary alicyclic amines) is 2. The normalized spacial score (nSPS) is 27.3. The van der Waals surface area contributed by atoms with E-state index in [9.17, 15) is 9.59 Å². The molecule has 37 heavy (non-hydrogen) atoms. The Bertz CT molecular complexity index is 1360. The molecule has 4 heterocycles. The van der Waals surface area contributed by atoms with Crippen molar-refractivity contribution < 1.29 is 9.59 Å². The number of benzene rings is 1. The number of pyridine rings is 1. The van der Waals surface area contributed by atoms with Crippen LogP contribution in [0.15, 0.2) is 30.5 Å². The van der Waals surface area contributed by atoms with Gasteiger partial charge in [0.05, 0.1) is 33.2 Å². The highest BCUT2D eigenvalue weighted by molar-refractivity contribution is 7.18. The first-order chi connectivity index (χ1) is 17.8. The Kier molecular flexibility index (Phi) is 6.15. The number of nitrogens with one attached hydrogen (secondary N) is 1. The number of nitrogen functional groups attached to an aromatic ring is 1. The lowest BCUT2D eigenvalue weighted by molar-refractivity contribution is -0.146. The zero-order valence-electron chi connectivity index (χ0n) is 21.6. The third kappa shape index (κ3) is 4.48. The molecule has 4 atom stereocenters. The van der Waals surface area contributed by atoms with Gasteiger partial charge >= 0.3 is 11.8 Å². The Labute approximate surface area is 221 Å². The number of carbonyl (C=O) groups excluding carboxylic acids is 2. The summed E-state index contributed by atoms with van der Waals surface area (Å²) in [6.07, 6.45) is 4.03. The summed E-state index contributed by atoms with van der Waals surface area (Å²) < 4.78 is 1.19. The average molecular weight is 519 g/mol. The molecule has 9 heteroatoms. The number of hydrogen-bond donors (Lipinski definition) is 2. The van der Waals surface area contributed by atoms with E-state index < -0.39 is 11.8 Å². The van der Waals surface area contributed by atoms with Crippen molar-refractivity contribution in [3.63, 3.8) is 0 Å². The van der Waals surface area contributed by atoms with E-state index in [-0.39, 0.29) is 6.04 Å². The third-order valence-electron chi connectivity index (χ3n) is 8.39. The van der Waals surface area contributed by atoms with Crippen molar-refractivity contribution in [1.82, 2.24) is 19.8 Å². The molecule has 2 saturated heterocycles. The molecular formula is C28H34N6O2S. The molecule has 2 aliphatic heterocycles. The lowest BCUT2D eigenvalue weighted by Crippen LogP contribution is -2.46. The number of rotatable bonds is 4. The van der Waals surface area contributed by atoms with E-state index in [2.05, 4.69) is 47.4 Å². The maximum Gasteiger partial charge on any atom is 0.313 e. The first-order valence-corrected chi connectivity index (χ1v) is 14.1. The van der Waals surface area contributed by atoms with Gasteiger partial charge in [-0.15, -0.1) is 11.3 Å². The zero-order valence-corrected chi connectivity index (χ0v) is 22.4. The number of nitrogens with two attached hydrogens (primary N) is 1. The average Bonchev–Trinajstić information content (AvgIpc) is 3.19. The summed E-state index contributed by atoms with van der Waals surface area (Å²) in [4.78, 5) is 39.8. The Hall–Kier alpha value is -3.04. The van der Waals surface area contributed by atoms with Gasteiger partial charge in [0.25, 0.3) is 0 Å². The zero-order chi connectivity index (χ0) is 25.8. The van der Waals surface area contributed by atoms with Gasteiger partial charge in [-0.05, 0) is 73.4 Å². The van der Waals surface area contributed by atoms with Crippen LogP contribution < -0.4 is 11.1 Å². The minimum Gasteiger partial charge on any atom is -0.383 e. The van der Waals surface area contributed by atoms with Gasteiger partial charge in [-0.25, -0.2) is 9.97 Å². The van der Waals surface area contributed by atoms with Crippen LogP contribution in [0.3, 0.4) is 0 Å². The first-order valence-electron chi connectivity index (χ1n) is 13.3. The van der Waals surface area contributed by atoms with E-state index in [0.717, 1.165) is 41.3 Å². The number of anilines is 2. The molecule has 3 aromatic rings. The van der Waals surface area contributed by atoms with Gasteiger partial charge < -0.3 is 20.9 Å². The Morgan fingerprint density at radius 3 is 2.70 bits per heavy atom. The molecule has 3 aliphatic rings. The molecule has 0 radical (unpaired) electrons. The third-order valence-corrected chi connectivity index (χ3v) is 9.53. The summed E-state index contributed by atoms with van der Waals surface area (Å²) in [5.41, 5.74) is 9.27. The topological polar surface area (TPSA) is 104 Å². The van der Waals surface area contributed by atoms with E-state index in [1.807, 2.05) is 18.3 Å². The minimum absolute atomic E-state index is 0.145. The molecule has 6 rings (SSSR count). The fourth-order valence-corrected chi connectivity index (χ4v) is 7.53. The number of aryl methyl sites for hydroxylation is 1. The summed E-state index contributed by atoms with van der Waals surface area (Å²) >= 11 is 1.81. The molecule has 1 saturated carbocycles. The summed E-state index contributed by atoms with van der Waals surface area (Å²) in [5.74, 6) is 1.72. The number of nitrogens with zero attached hydrogens (tertiary/aromatic N) is 4. The Morgan fingerprint density at radius 2 is 1.95 bits per heavy atom. The molecule has 2 aromatic heterocycles. The maximum atomic E-state index is 13.4. The number of amides is 2. The number of fused-ring (bicyclic) bond motifs is 2. The Balaban J connectivity index is 1.22. The van der Waals surface area contributed by atoms with Crippen LogP contribution in [0.2, 0.25) is 0 Å². The van der Waals surface area contributed by atoms with Gasteiger partial charge in [0.1, 0.15) is 5.82 Å². The number of hydrogen-bond acceptors (Lipinski definition) is 7. The highest BCUT2D eigenvalue weighted by Crippen LogP contribution is 2.59. The monoisotopic (exact) mass is 518 g/mol. The van der Waals surface area contributed by atoms with Gasteiger partial charge in [-0.3, -0.25) is 9.59 Å². The molecule has 0 bridgehead atoms.